The fraction of sp³-hybridized carbons (Fsp3) is 0.375. The van der Waals surface area contributed by atoms with Crippen LogP contribution in [0.3, 0.4) is 0 Å². The van der Waals surface area contributed by atoms with E-state index in [9.17, 15) is 18.8 Å². The van der Waals surface area contributed by atoms with E-state index in [1.807, 2.05) is 4.90 Å². The summed E-state index contributed by atoms with van der Waals surface area (Å²) in [4.78, 5) is 44.5. The van der Waals surface area contributed by atoms with Gasteiger partial charge in [-0.05, 0) is 49.7 Å². The standard InChI is InChI=1S/C24H22FN3O5/c1-32-13-6-8-18(33-2)17(11-13)28-21(29)19-16-4-3-9-27(16)24(20(19)22(28)30)14-10-12(25)5-7-15(14)26-23(24)31/h5-8,10-11,16,19-20H,3-4,9H2,1-2H3,(H,26,31)/t16-,19+,20-,24-/m0/s1. The molecule has 9 heteroatoms. The van der Waals surface area contributed by atoms with Crippen LogP contribution < -0.4 is 19.7 Å². The molecule has 0 radical (unpaired) electrons. The maximum atomic E-state index is 14.4. The zero-order valence-electron chi connectivity index (χ0n) is 18.1. The highest BCUT2D eigenvalue weighted by Gasteiger charge is 2.74. The minimum atomic E-state index is -1.42. The van der Waals surface area contributed by atoms with Gasteiger partial charge in [-0.25, -0.2) is 9.29 Å². The van der Waals surface area contributed by atoms with Crippen LogP contribution in [0.1, 0.15) is 18.4 Å². The van der Waals surface area contributed by atoms with Crippen molar-refractivity contribution >= 4 is 29.1 Å². The Morgan fingerprint density at radius 3 is 2.64 bits per heavy atom. The molecule has 0 bridgehead atoms. The summed E-state index contributed by atoms with van der Waals surface area (Å²) >= 11 is 0. The normalized spacial score (nSPS) is 30.0. The van der Waals surface area contributed by atoms with Crippen molar-refractivity contribution in [3.63, 3.8) is 0 Å². The van der Waals surface area contributed by atoms with Gasteiger partial charge in [0.25, 0.3) is 0 Å². The summed E-state index contributed by atoms with van der Waals surface area (Å²) in [5.74, 6) is -2.61. The summed E-state index contributed by atoms with van der Waals surface area (Å²) in [5.41, 5.74) is -0.242. The summed E-state index contributed by atoms with van der Waals surface area (Å²) in [5, 5.41) is 2.84. The van der Waals surface area contributed by atoms with Crippen molar-refractivity contribution in [2.45, 2.75) is 24.4 Å². The number of carbonyl (C=O) groups is 3. The lowest BCUT2D eigenvalue weighted by atomic mass is 9.75. The lowest BCUT2D eigenvalue weighted by Crippen LogP contribution is -2.54. The Kier molecular flexibility index (Phi) is 4.14. The van der Waals surface area contributed by atoms with Crippen LogP contribution in [-0.4, -0.2) is 49.4 Å². The van der Waals surface area contributed by atoms with Gasteiger partial charge in [-0.3, -0.25) is 19.3 Å². The van der Waals surface area contributed by atoms with E-state index < -0.39 is 29.1 Å². The van der Waals surface area contributed by atoms with E-state index in [4.69, 9.17) is 9.47 Å². The Bertz CT molecular complexity index is 1230. The monoisotopic (exact) mass is 451 g/mol. The van der Waals surface area contributed by atoms with E-state index in [2.05, 4.69) is 5.32 Å². The Labute approximate surface area is 189 Å². The number of methoxy groups -OCH3 is 2. The number of nitrogens with zero attached hydrogens (tertiary/aromatic N) is 2. The number of imide groups is 1. The first-order valence-corrected chi connectivity index (χ1v) is 10.9. The molecule has 0 aromatic heterocycles. The minimum Gasteiger partial charge on any atom is -0.497 e. The van der Waals surface area contributed by atoms with Crippen LogP contribution in [0.25, 0.3) is 0 Å². The van der Waals surface area contributed by atoms with E-state index in [1.165, 1.54) is 32.4 Å². The van der Waals surface area contributed by atoms with Gasteiger partial charge in [-0.15, -0.1) is 0 Å². The molecule has 6 rings (SSSR count). The van der Waals surface area contributed by atoms with Gasteiger partial charge in [0.05, 0.1) is 31.7 Å². The van der Waals surface area contributed by atoms with Gasteiger partial charge in [0.2, 0.25) is 17.7 Å². The fourth-order valence-corrected chi connectivity index (χ4v) is 6.38. The number of benzene rings is 2. The van der Waals surface area contributed by atoms with Crippen LogP contribution in [0.2, 0.25) is 0 Å². The first-order valence-electron chi connectivity index (χ1n) is 10.9. The van der Waals surface area contributed by atoms with Crippen molar-refractivity contribution in [2.75, 3.05) is 31.0 Å². The molecule has 3 saturated heterocycles. The topological polar surface area (TPSA) is 88.2 Å². The third kappa shape index (κ3) is 2.35. The number of fused-ring (bicyclic) bond motifs is 7. The predicted molar refractivity (Wildman–Crippen MR) is 115 cm³/mol. The quantitative estimate of drug-likeness (QED) is 0.721. The zero-order chi connectivity index (χ0) is 23.1. The van der Waals surface area contributed by atoms with Crippen molar-refractivity contribution in [1.82, 2.24) is 4.90 Å². The first-order chi connectivity index (χ1) is 15.9. The van der Waals surface area contributed by atoms with Gasteiger partial charge >= 0.3 is 0 Å². The SMILES string of the molecule is COc1ccc(OC)c(N2C(=O)[C@H]3[C@@H](C2=O)[C@@]2(C(=O)Nc4ccc(F)cc42)N2CCC[C@@H]32)c1. The van der Waals surface area contributed by atoms with Gasteiger partial charge < -0.3 is 14.8 Å². The van der Waals surface area contributed by atoms with Gasteiger partial charge in [0.15, 0.2) is 0 Å². The second-order valence-electron chi connectivity index (χ2n) is 8.87. The number of hydrogen-bond acceptors (Lipinski definition) is 6. The number of ether oxygens (including phenoxy) is 2. The van der Waals surface area contributed by atoms with Gasteiger partial charge in [-0.2, -0.15) is 0 Å². The highest BCUT2D eigenvalue weighted by molar-refractivity contribution is 6.26. The number of amides is 3. The zero-order valence-corrected chi connectivity index (χ0v) is 18.1. The first kappa shape index (κ1) is 20.2. The van der Waals surface area contributed by atoms with Crippen molar-refractivity contribution < 1.29 is 28.2 Å². The second kappa shape index (κ2) is 6.77. The van der Waals surface area contributed by atoms with Crippen LogP contribution in [0.15, 0.2) is 36.4 Å². The molecule has 1 N–H and O–H groups in total. The van der Waals surface area contributed by atoms with Crippen LogP contribution in [0.4, 0.5) is 15.8 Å². The largest absolute Gasteiger partial charge is 0.497 e. The smallest absolute Gasteiger partial charge is 0.250 e. The fourth-order valence-electron chi connectivity index (χ4n) is 6.38. The molecule has 2 aromatic carbocycles. The van der Waals surface area contributed by atoms with Crippen LogP contribution in [-0.2, 0) is 19.9 Å². The Morgan fingerprint density at radius 1 is 1.06 bits per heavy atom. The van der Waals surface area contributed by atoms with Crippen LogP contribution in [0.5, 0.6) is 11.5 Å². The maximum absolute atomic E-state index is 14.4. The summed E-state index contributed by atoms with van der Waals surface area (Å²) in [6, 6.07) is 8.72. The molecule has 4 aliphatic heterocycles. The van der Waals surface area contributed by atoms with E-state index in [0.29, 0.717) is 35.7 Å². The molecule has 2 aromatic rings. The third-order valence-electron chi connectivity index (χ3n) is 7.58. The molecule has 0 unspecified atom stereocenters. The number of hydrogen-bond donors (Lipinski definition) is 1. The average molecular weight is 451 g/mol. The Hall–Kier alpha value is -3.46. The summed E-state index contributed by atoms with van der Waals surface area (Å²) < 4.78 is 25.1. The molecule has 0 aliphatic carbocycles. The molecule has 4 aliphatic rings. The number of rotatable bonds is 3. The Balaban J connectivity index is 1.56. The van der Waals surface area contributed by atoms with E-state index >= 15 is 0 Å². The van der Waals surface area contributed by atoms with Crippen molar-refractivity contribution in [1.29, 1.82) is 0 Å². The minimum absolute atomic E-state index is 0.277. The predicted octanol–water partition coefficient (Wildman–Crippen LogP) is 2.27. The molecular weight excluding hydrogens is 429 g/mol. The Morgan fingerprint density at radius 2 is 1.88 bits per heavy atom. The molecule has 4 heterocycles. The summed E-state index contributed by atoms with van der Waals surface area (Å²) in [6.07, 6.45) is 1.47. The summed E-state index contributed by atoms with van der Waals surface area (Å²) in [6.45, 7) is 0.560. The van der Waals surface area contributed by atoms with Crippen molar-refractivity contribution in [3.8, 4) is 11.5 Å². The van der Waals surface area contributed by atoms with Crippen molar-refractivity contribution in [2.24, 2.45) is 11.8 Å². The maximum Gasteiger partial charge on any atom is 0.250 e. The molecule has 0 saturated carbocycles. The van der Waals surface area contributed by atoms with Crippen LogP contribution in [0, 0.1) is 17.7 Å². The molecule has 1 spiro atoms. The van der Waals surface area contributed by atoms with Gasteiger partial charge in [0, 0.05) is 23.4 Å². The van der Waals surface area contributed by atoms with Gasteiger partial charge in [-0.1, -0.05) is 0 Å². The van der Waals surface area contributed by atoms with E-state index in [0.717, 1.165) is 11.3 Å². The number of anilines is 2. The molecule has 3 amide bonds. The highest BCUT2D eigenvalue weighted by atomic mass is 19.1. The van der Waals surface area contributed by atoms with Crippen LogP contribution >= 0.6 is 0 Å². The summed E-state index contributed by atoms with van der Waals surface area (Å²) in [7, 11) is 2.95. The molecule has 4 atom stereocenters. The van der Waals surface area contributed by atoms with Gasteiger partial charge in [0.1, 0.15) is 22.9 Å². The lowest BCUT2D eigenvalue weighted by Gasteiger charge is -2.36. The lowest BCUT2D eigenvalue weighted by molar-refractivity contribution is -0.135. The average Bonchev–Trinajstić information content (AvgIpc) is 3.52. The molecule has 3 fully saturated rings. The highest BCUT2D eigenvalue weighted by Crippen LogP contribution is 2.61. The molecule has 33 heavy (non-hydrogen) atoms. The second-order valence-corrected chi connectivity index (χ2v) is 8.87. The molecule has 170 valence electrons. The number of nitrogens with one attached hydrogen (secondary N) is 1. The third-order valence-corrected chi connectivity index (χ3v) is 7.58. The molecular formula is C24H22FN3O5. The number of carbonyl (C=O) groups excluding carboxylic acids is 3. The van der Waals surface area contributed by atoms with Crippen molar-refractivity contribution in [3.05, 3.63) is 47.8 Å². The van der Waals surface area contributed by atoms with E-state index in [-0.39, 0.29) is 23.5 Å². The molecule has 8 nitrogen and oxygen atoms in total. The van der Waals surface area contributed by atoms with E-state index in [1.54, 1.807) is 18.2 Å². The number of halogens is 1.